The van der Waals surface area contributed by atoms with Crippen LogP contribution in [0, 0.1) is 0 Å². The van der Waals surface area contributed by atoms with E-state index in [2.05, 4.69) is 4.98 Å². The average molecular weight is 254 g/mol. The molecular formula is C5H7N2O4PS2. The lowest BCUT2D eigenvalue weighted by Crippen LogP contribution is -1.96. The molecule has 0 unspecified atom stereocenters. The summed E-state index contributed by atoms with van der Waals surface area (Å²) in [6.07, 6.45) is 0. The van der Waals surface area contributed by atoms with Gasteiger partial charge in [0.2, 0.25) is 5.12 Å². The van der Waals surface area contributed by atoms with Gasteiger partial charge in [-0.3, -0.25) is 9.36 Å². The van der Waals surface area contributed by atoms with Gasteiger partial charge < -0.3 is 15.5 Å². The Balaban J connectivity index is 2.56. The predicted octanol–water partition coefficient (Wildman–Crippen LogP) is 0.734. The van der Waals surface area contributed by atoms with Crippen molar-refractivity contribution in [3.63, 3.8) is 0 Å². The Hall–Kier alpha value is -0.400. The minimum Gasteiger partial charge on any atom is -0.375 e. The zero-order chi connectivity index (χ0) is 10.8. The quantitative estimate of drug-likeness (QED) is 0.681. The van der Waals surface area contributed by atoms with Crippen LogP contribution >= 0.6 is 30.7 Å². The van der Waals surface area contributed by atoms with E-state index in [1.807, 2.05) is 0 Å². The molecule has 0 spiro atoms. The topological polar surface area (TPSA) is 114 Å². The van der Waals surface area contributed by atoms with Crippen LogP contribution in [-0.4, -0.2) is 25.4 Å². The molecule has 0 atom stereocenters. The zero-order valence-corrected chi connectivity index (χ0v) is 9.31. The molecule has 0 aromatic carbocycles. The Bertz CT molecular complexity index is 387. The van der Waals surface area contributed by atoms with E-state index in [1.165, 1.54) is 5.38 Å². The smallest absolute Gasteiger partial charge is 0.335 e. The lowest BCUT2D eigenvalue weighted by Gasteiger charge is -2.00. The van der Waals surface area contributed by atoms with Gasteiger partial charge in [-0.25, -0.2) is 4.98 Å². The Labute approximate surface area is 87.7 Å². The SMILES string of the molecule is Nc1nc(C(=O)SCP(=O)(O)O)cs1. The molecule has 0 fully saturated rings. The number of nitrogen functional groups attached to an aromatic ring is 1. The fourth-order valence-corrected chi connectivity index (χ4v) is 2.61. The van der Waals surface area contributed by atoms with Crippen LogP contribution in [0.4, 0.5) is 5.13 Å². The standard InChI is InChI=1S/C5H7N2O4PS2/c6-5-7-3(1-13-5)4(8)14-2-12(9,10)11/h1H,2H2,(H2,6,7)(H2,9,10,11). The van der Waals surface area contributed by atoms with Crippen LogP contribution in [0.25, 0.3) is 0 Å². The first-order chi connectivity index (χ1) is 6.38. The number of thiazole rings is 1. The van der Waals surface area contributed by atoms with Gasteiger partial charge in [0.15, 0.2) is 5.13 Å². The van der Waals surface area contributed by atoms with Crippen LogP contribution < -0.4 is 5.73 Å². The number of nitrogens with zero attached hydrogens (tertiary/aromatic N) is 1. The Morgan fingerprint density at radius 3 is 2.79 bits per heavy atom. The maximum absolute atomic E-state index is 11.2. The summed E-state index contributed by atoms with van der Waals surface area (Å²) in [4.78, 5) is 31.9. The Kier molecular flexibility index (Phi) is 3.68. The third-order valence-corrected chi connectivity index (χ3v) is 4.10. The molecule has 6 nitrogen and oxygen atoms in total. The fraction of sp³-hybridized carbons (Fsp3) is 0.200. The molecule has 0 saturated heterocycles. The van der Waals surface area contributed by atoms with Crippen molar-refractivity contribution in [1.82, 2.24) is 4.98 Å². The molecule has 1 aromatic rings. The molecule has 0 aliphatic heterocycles. The highest BCUT2D eigenvalue weighted by molar-refractivity contribution is 8.17. The van der Waals surface area contributed by atoms with Gasteiger partial charge in [-0.15, -0.1) is 11.3 Å². The number of rotatable bonds is 3. The second-order valence-electron chi connectivity index (χ2n) is 2.30. The van der Waals surface area contributed by atoms with E-state index in [0.29, 0.717) is 11.8 Å². The minimum atomic E-state index is -4.15. The van der Waals surface area contributed by atoms with Gasteiger partial charge in [0.05, 0.1) is 0 Å². The third kappa shape index (κ3) is 3.77. The predicted molar refractivity (Wildman–Crippen MR) is 55.4 cm³/mol. The first kappa shape index (κ1) is 11.7. The molecule has 1 rings (SSSR count). The molecule has 0 bridgehead atoms. The summed E-state index contributed by atoms with van der Waals surface area (Å²) < 4.78 is 10.5. The maximum Gasteiger partial charge on any atom is 0.335 e. The van der Waals surface area contributed by atoms with Crippen molar-refractivity contribution in [1.29, 1.82) is 0 Å². The Morgan fingerprint density at radius 2 is 2.36 bits per heavy atom. The number of thioether (sulfide) groups is 1. The highest BCUT2D eigenvalue weighted by Crippen LogP contribution is 2.39. The highest BCUT2D eigenvalue weighted by Gasteiger charge is 2.18. The second kappa shape index (κ2) is 4.41. The van der Waals surface area contributed by atoms with E-state index in [0.717, 1.165) is 11.3 Å². The summed E-state index contributed by atoms with van der Waals surface area (Å²) in [5, 5.41) is 1.22. The molecule has 1 aromatic heterocycles. The monoisotopic (exact) mass is 254 g/mol. The third-order valence-electron chi connectivity index (χ3n) is 1.09. The molecular weight excluding hydrogens is 247 g/mol. The number of anilines is 1. The summed E-state index contributed by atoms with van der Waals surface area (Å²) in [5.41, 5.74) is 4.88. The maximum atomic E-state index is 11.2. The molecule has 0 radical (unpaired) electrons. The van der Waals surface area contributed by atoms with Gasteiger partial charge in [-0.1, -0.05) is 11.8 Å². The van der Waals surface area contributed by atoms with Gasteiger partial charge in [-0.2, -0.15) is 0 Å². The zero-order valence-electron chi connectivity index (χ0n) is 6.78. The van der Waals surface area contributed by atoms with Crippen molar-refractivity contribution in [2.75, 3.05) is 11.2 Å². The van der Waals surface area contributed by atoms with Crippen LogP contribution in [0.2, 0.25) is 0 Å². The summed E-state index contributed by atoms with van der Waals surface area (Å²) in [5.74, 6) is 0. The molecule has 4 N–H and O–H groups in total. The van der Waals surface area contributed by atoms with Crippen molar-refractivity contribution >= 4 is 40.9 Å². The minimum absolute atomic E-state index is 0.131. The number of hydrogen-bond acceptors (Lipinski definition) is 6. The van der Waals surface area contributed by atoms with Crippen molar-refractivity contribution in [2.24, 2.45) is 0 Å². The van der Waals surface area contributed by atoms with Crippen LogP contribution in [0.3, 0.4) is 0 Å². The van der Waals surface area contributed by atoms with Gasteiger partial charge >= 0.3 is 7.60 Å². The van der Waals surface area contributed by atoms with E-state index in [1.54, 1.807) is 0 Å². The second-order valence-corrected chi connectivity index (χ2v) is 6.21. The molecule has 78 valence electrons. The molecule has 0 amide bonds. The van der Waals surface area contributed by atoms with Crippen molar-refractivity contribution in [3.05, 3.63) is 11.1 Å². The molecule has 0 aliphatic carbocycles. The first-order valence-electron chi connectivity index (χ1n) is 3.31. The molecule has 0 saturated carbocycles. The van der Waals surface area contributed by atoms with E-state index in [-0.39, 0.29) is 10.8 Å². The highest BCUT2D eigenvalue weighted by atomic mass is 32.2. The summed E-state index contributed by atoms with van der Waals surface area (Å²) >= 11 is 1.64. The Morgan fingerprint density at radius 1 is 1.71 bits per heavy atom. The lowest BCUT2D eigenvalue weighted by atomic mass is 10.6. The fourth-order valence-electron chi connectivity index (χ4n) is 0.598. The van der Waals surface area contributed by atoms with Crippen molar-refractivity contribution in [3.8, 4) is 0 Å². The van der Waals surface area contributed by atoms with Crippen LogP contribution in [-0.2, 0) is 4.57 Å². The van der Waals surface area contributed by atoms with Crippen molar-refractivity contribution in [2.45, 2.75) is 0 Å². The normalized spacial score (nSPS) is 11.6. The van der Waals surface area contributed by atoms with E-state index >= 15 is 0 Å². The molecule has 1 heterocycles. The molecule has 0 aliphatic rings. The number of nitrogens with two attached hydrogens (primary N) is 1. The number of carbonyl (C=O) groups excluding carboxylic acids is 1. The van der Waals surface area contributed by atoms with Gasteiger partial charge in [0.1, 0.15) is 11.2 Å². The van der Waals surface area contributed by atoms with Gasteiger partial charge in [-0.05, 0) is 0 Å². The summed E-state index contributed by atoms with van der Waals surface area (Å²) in [6.45, 7) is 0. The van der Waals surface area contributed by atoms with Crippen molar-refractivity contribution < 1.29 is 19.1 Å². The number of hydrogen-bond donors (Lipinski definition) is 3. The van der Waals surface area contributed by atoms with E-state index < -0.39 is 18.2 Å². The van der Waals surface area contributed by atoms with Crippen LogP contribution in [0.1, 0.15) is 10.5 Å². The molecule has 9 heteroatoms. The summed E-state index contributed by atoms with van der Waals surface area (Å²) in [6, 6.07) is 0. The average Bonchev–Trinajstić information content (AvgIpc) is 2.46. The largest absolute Gasteiger partial charge is 0.375 e. The lowest BCUT2D eigenvalue weighted by molar-refractivity contribution is 0.108. The van der Waals surface area contributed by atoms with Crippen LogP contribution in [0.15, 0.2) is 5.38 Å². The molecule has 14 heavy (non-hydrogen) atoms. The van der Waals surface area contributed by atoms with E-state index in [4.69, 9.17) is 15.5 Å². The number of carbonyl (C=O) groups is 1. The van der Waals surface area contributed by atoms with Crippen LogP contribution in [0.5, 0.6) is 0 Å². The first-order valence-corrected chi connectivity index (χ1v) is 6.97. The number of aromatic nitrogens is 1. The van der Waals surface area contributed by atoms with Gasteiger partial charge in [0.25, 0.3) is 0 Å². The van der Waals surface area contributed by atoms with Gasteiger partial charge in [0, 0.05) is 5.38 Å². The summed E-state index contributed by atoms with van der Waals surface area (Å²) in [7, 11) is -4.15. The van der Waals surface area contributed by atoms with E-state index in [9.17, 15) is 9.36 Å².